The summed E-state index contributed by atoms with van der Waals surface area (Å²) in [6.45, 7) is 4.43. The van der Waals surface area contributed by atoms with Crippen LogP contribution in [0.3, 0.4) is 0 Å². The molecule has 132 valence electrons. The highest BCUT2D eigenvalue weighted by Gasteiger charge is 2.31. The zero-order chi connectivity index (χ0) is 17.9. The minimum atomic E-state index is -3.58. The summed E-state index contributed by atoms with van der Waals surface area (Å²) < 4.78 is 27.0. The van der Waals surface area contributed by atoms with Gasteiger partial charge in [0, 0.05) is 26.2 Å². The Hall–Kier alpha value is -2.13. The van der Waals surface area contributed by atoms with E-state index in [1.807, 2.05) is 13.0 Å². The number of urea groups is 1. The monoisotopic (exact) mass is 354 g/mol. The molecule has 1 heterocycles. The third-order valence-corrected chi connectivity index (χ3v) is 6.01. The predicted octanol–water partition coefficient (Wildman–Crippen LogP) is -0.195. The fourth-order valence-corrected chi connectivity index (χ4v) is 4.31. The lowest BCUT2D eigenvalue weighted by molar-refractivity contribution is -0.131. The summed E-state index contributed by atoms with van der Waals surface area (Å²) in [4.78, 5) is 24.4. The van der Waals surface area contributed by atoms with Crippen LogP contribution in [-0.4, -0.2) is 62.3 Å². The van der Waals surface area contributed by atoms with Gasteiger partial charge in [0.2, 0.25) is 15.9 Å². The number of amides is 3. The Morgan fingerprint density at radius 2 is 1.79 bits per heavy atom. The van der Waals surface area contributed by atoms with E-state index in [0.29, 0.717) is 10.5 Å². The van der Waals surface area contributed by atoms with Crippen molar-refractivity contribution in [2.45, 2.75) is 18.7 Å². The van der Waals surface area contributed by atoms with E-state index in [1.165, 1.54) is 9.21 Å². The van der Waals surface area contributed by atoms with E-state index in [2.05, 4.69) is 5.32 Å². The van der Waals surface area contributed by atoms with E-state index in [4.69, 9.17) is 5.73 Å². The molecule has 2 rings (SSSR count). The number of nitrogens with two attached hydrogens (primary N) is 1. The van der Waals surface area contributed by atoms with Crippen molar-refractivity contribution < 1.29 is 18.0 Å². The van der Waals surface area contributed by atoms with Gasteiger partial charge in [-0.2, -0.15) is 4.31 Å². The van der Waals surface area contributed by atoms with Crippen LogP contribution in [0, 0.1) is 13.8 Å². The van der Waals surface area contributed by atoms with Crippen LogP contribution in [0.1, 0.15) is 11.1 Å². The smallest absolute Gasteiger partial charge is 0.312 e. The molecule has 0 aliphatic carbocycles. The molecule has 0 unspecified atom stereocenters. The molecular weight excluding hydrogens is 332 g/mol. The molecule has 3 amide bonds. The summed E-state index contributed by atoms with van der Waals surface area (Å²) in [5, 5.41) is 2.24. The van der Waals surface area contributed by atoms with Crippen molar-refractivity contribution in [1.29, 1.82) is 0 Å². The molecule has 0 saturated carbocycles. The molecule has 3 N–H and O–H groups in total. The molecule has 1 saturated heterocycles. The molecular formula is C15H22N4O4S. The summed E-state index contributed by atoms with van der Waals surface area (Å²) in [5.41, 5.74) is 6.51. The molecule has 0 atom stereocenters. The van der Waals surface area contributed by atoms with Crippen LogP contribution in [0.25, 0.3) is 0 Å². The molecule has 8 nitrogen and oxygen atoms in total. The Bertz CT molecular complexity index is 740. The summed E-state index contributed by atoms with van der Waals surface area (Å²) in [7, 11) is -3.58. The highest BCUT2D eigenvalue weighted by atomic mass is 32.2. The molecule has 0 aromatic heterocycles. The van der Waals surface area contributed by atoms with Gasteiger partial charge in [0.1, 0.15) is 0 Å². The van der Waals surface area contributed by atoms with Gasteiger partial charge in [-0.3, -0.25) is 4.79 Å². The summed E-state index contributed by atoms with van der Waals surface area (Å²) in [6, 6.07) is 4.56. The second-order valence-corrected chi connectivity index (χ2v) is 7.68. The van der Waals surface area contributed by atoms with Gasteiger partial charge in [0.15, 0.2) is 0 Å². The van der Waals surface area contributed by atoms with Gasteiger partial charge in [0.25, 0.3) is 0 Å². The first kappa shape index (κ1) is 18.2. The number of carbonyl (C=O) groups is 2. The molecule has 0 spiro atoms. The maximum absolute atomic E-state index is 12.8. The Labute approximate surface area is 141 Å². The van der Waals surface area contributed by atoms with Crippen LogP contribution < -0.4 is 11.1 Å². The highest BCUT2D eigenvalue weighted by molar-refractivity contribution is 7.89. The Morgan fingerprint density at radius 3 is 2.38 bits per heavy atom. The zero-order valence-electron chi connectivity index (χ0n) is 13.8. The maximum atomic E-state index is 12.8. The first-order valence-electron chi connectivity index (χ1n) is 7.60. The molecule has 1 aliphatic heterocycles. The normalized spacial score (nSPS) is 16.0. The standard InChI is InChI=1S/C15H22N4O4S/c1-11-3-4-12(2)13(9-11)24(22,23)19-7-5-18(6-8-19)14(20)10-17-15(16)21/h3-4,9H,5-8,10H2,1-2H3,(H3,16,17,21). The van der Waals surface area contributed by atoms with Gasteiger partial charge < -0.3 is 16.0 Å². The van der Waals surface area contributed by atoms with E-state index in [1.54, 1.807) is 19.1 Å². The number of hydrogen-bond acceptors (Lipinski definition) is 4. The van der Waals surface area contributed by atoms with E-state index >= 15 is 0 Å². The topological polar surface area (TPSA) is 113 Å². The summed E-state index contributed by atoms with van der Waals surface area (Å²) in [5.74, 6) is -0.280. The molecule has 24 heavy (non-hydrogen) atoms. The Kier molecular flexibility index (Phi) is 5.45. The molecule has 1 aromatic rings. The summed E-state index contributed by atoms with van der Waals surface area (Å²) in [6.07, 6.45) is 0. The van der Waals surface area contributed by atoms with Crippen LogP contribution >= 0.6 is 0 Å². The zero-order valence-corrected chi connectivity index (χ0v) is 14.6. The number of nitrogens with zero attached hydrogens (tertiary/aromatic N) is 2. The molecule has 1 fully saturated rings. The number of sulfonamides is 1. The molecule has 1 aliphatic rings. The number of nitrogens with one attached hydrogen (secondary N) is 1. The number of carbonyl (C=O) groups excluding carboxylic acids is 2. The molecule has 1 aromatic carbocycles. The third kappa shape index (κ3) is 4.04. The number of piperazine rings is 1. The van der Waals surface area contributed by atoms with E-state index in [9.17, 15) is 18.0 Å². The summed E-state index contributed by atoms with van der Waals surface area (Å²) >= 11 is 0. The van der Waals surface area contributed by atoms with Crippen molar-refractivity contribution in [3.8, 4) is 0 Å². The SMILES string of the molecule is Cc1ccc(C)c(S(=O)(=O)N2CCN(C(=O)CNC(N)=O)CC2)c1. The van der Waals surface area contributed by atoms with Crippen molar-refractivity contribution in [3.63, 3.8) is 0 Å². The van der Waals surface area contributed by atoms with Crippen LogP contribution in [-0.2, 0) is 14.8 Å². The quantitative estimate of drug-likeness (QED) is 0.780. The average Bonchev–Trinajstić information content (AvgIpc) is 2.54. The fourth-order valence-electron chi connectivity index (χ4n) is 2.58. The van der Waals surface area contributed by atoms with Crippen LogP contribution in [0.15, 0.2) is 23.1 Å². The van der Waals surface area contributed by atoms with E-state index in [0.717, 1.165) is 5.56 Å². The largest absolute Gasteiger partial charge is 0.352 e. The van der Waals surface area contributed by atoms with Gasteiger partial charge in [-0.15, -0.1) is 0 Å². The first-order valence-corrected chi connectivity index (χ1v) is 9.04. The van der Waals surface area contributed by atoms with Crippen LogP contribution in [0.2, 0.25) is 0 Å². The van der Waals surface area contributed by atoms with Crippen molar-refractivity contribution in [2.75, 3.05) is 32.7 Å². The van der Waals surface area contributed by atoms with Crippen LogP contribution in [0.5, 0.6) is 0 Å². The van der Waals surface area contributed by atoms with Crippen molar-refractivity contribution in [3.05, 3.63) is 29.3 Å². The van der Waals surface area contributed by atoms with E-state index in [-0.39, 0.29) is 38.6 Å². The van der Waals surface area contributed by atoms with Gasteiger partial charge in [0.05, 0.1) is 11.4 Å². The Balaban J connectivity index is 2.04. The molecule has 9 heteroatoms. The third-order valence-electron chi connectivity index (χ3n) is 3.97. The van der Waals surface area contributed by atoms with Crippen molar-refractivity contribution >= 4 is 22.0 Å². The van der Waals surface area contributed by atoms with Crippen LogP contribution in [0.4, 0.5) is 4.79 Å². The first-order chi connectivity index (χ1) is 11.2. The van der Waals surface area contributed by atoms with Gasteiger partial charge in [-0.25, -0.2) is 13.2 Å². The second kappa shape index (κ2) is 7.18. The van der Waals surface area contributed by atoms with Gasteiger partial charge in [-0.1, -0.05) is 12.1 Å². The fraction of sp³-hybridized carbons (Fsp3) is 0.467. The molecule has 0 radical (unpaired) electrons. The number of hydrogen-bond donors (Lipinski definition) is 2. The predicted molar refractivity (Wildman–Crippen MR) is 88.8 cm³/mol. The average molecular weight is 354 g/mol. The minimum Gasteiger partial charge on any atom is -0.352 e. The van der Waals surface area contributed by atoms with Crippen molar-refractivity contribution in [1.82, 2.24) is 14.5 Å². The Morgan fingerprint density at radius 1 is 1.17 bits per heavy atom. The highest BCUT2D eigenvalue weighted by Crippen LogP contribution is 2.22. The van der Waals surface area contributed by atoms with Gasteiger partial charge >= 0.3 is 6.03 Å². The van der Waals surface area contributed by atoms with Gasteiger partial charge in [-0.05, 0) is 31.0 Å². The minimum absolute atomic E-state index is 0.181. The van der Waals surface area contributed by atoms with Crippen molar-refractivity contribution in [2.24, 2.45) is 5.73 Å². The lowest BCUT2D eigenvalue weighted by Crippen LogP contribution is -2.52. The number of rotatable bonds is 4. The number of aryl methyl sites for hydroxylation is 2. The lowest BCUT2D eigenvalue weighted by atomic mass is 10.2. The lowest BCUT2D eigenvalue weighted by Gasteiger charge is -2.34. The number of benzene rings is 1. The van der Waals surface area contributed by atoms with E-state index < -0.39 is 16.1 Å². The molecule has 0 bridgehead atoms. The maximum Gasteiger partial charge on any atom is 0.312 e. The second-order valence-electron chi connectivity index (χ2n) is 5.77. The number of primary amides is 1.